The Morgan fingerprint density at radius 3 is 2.65 bits per heavy atom. The molecule has 1 rings (SSSR count). The molecule has 0 aromatic carbocycles. The van der Waals surface area contributed by atoms with Crippen molar-refractivity contribution in [2.75, 3.05) is 19.6 Å². The summed E-state index contributed by atoms with van der Waals surface area (Å²) >= 11 is 0. The first-order valence-electron chi connectivity index (χ1n) is 9.13. The number of amides is 2. The van der Waals surface area contributed by atoms with Gasteiger partial charge in [-0.05, 0) is 25.8 Å². The number of hydrogen-bond acceptors (Lipinski definition) is 4. The summed E-state index contributed by atoms with van der Waals surface area (Å²) in [5, 5.41) is 2.66. The molecule has 1 atom stereocenters. The number of alkyl carbamates (subject to hydrolysis) is 1. The maximum absolute atomic E-state index is 12.3. The van der Waals surface area contributed by atoms with Crippen molar-refractivity contribution in [2.45, 2.75) is 77.4 Å². The normalized spacial score (nSPS) is 17.3. The summed E-state index contributed by atoms with van der Waals surface area (Å²) in [6.45, 7) is 3.93. The molecule has 134 valence electrons. The van der Waals surface area contributed by atoms with E-state index in [1.807, 2.05) is 0 Å². The van der Waals surface area contributed by atoms with Crippen LogP contribution in [0.4, 0.5) is 4.79 Å². The highest BCUT2D eigenvalue weighted by Crippen LogP contribution is 2.20. The van der Waals surface area contributed by atoms with Gasteiger partial charge in [-0.3, -0.25) is 4.79 Å². The Bertz CT molecular complexity index is 350. The Kier molecular flexibility index (Phi) is 10.4. The van der Waals surface area contributed by atoms with E-state index in [4.69, 9.17) is 10.5 Å². The Labute approximate surface area is 140 Å². The predicted molar refractivity (Wildman–Crippen MR) is 90.9 cm³/mol. The highest BCUT2D eigenvalue weighted by atomic mass is 16.6. The molecule has 6 nitrogen and oxygen atoms in total. The van der Waals surface area contributed by atoms with Gasteiger partial charge in [-0.25, -0.2) is 4.79 Å². The van der Waals surface area contributed by atoms with Crippen molar-refractivity contribution in [3.8, 4) is 0 Å². The molecule has 1 saturated heterocycles. The van der Waals surface area contributed by atoms with Crippen molar-refractivity contribution < 1.29 is 14.3 Å². The van der Waals surface area contributed by atoms with Crippen LogP contribution in [0.3, 0.4) is 0 Å². The number of hydrogen-bond donors (Lipinski definition) is 2. The number of nitrogens with one attached hydrogen (secondary N) is 1. The molecule has 6 heteroatoms. The topological polar surface area (TPSA) is 84.7 Å². The van der Waals surface area contributed by atoms with Crippen LogP contribution in [0.5, 0.6) is 0 Å². The zero-order valence-corrected chi connectivity index (χ0v) is 14.5. The van der Waals surface area contributed by atoms with E-state index in [9.17, 15) is 9.59 Å². The average molecular weight is 327 g/mol. The van der Waals surface area contributed by atoms with Crippen molar-refractivity contribution in [3.63, 3.8) is 0 Å². The second-order valence-electron chi connectivity index (χ2n) is 6.18. The second-order valence-corrected chi connectivity index (χ2v) is 6.18. The van der Waals surface area contributed by atoms with Crippen LogP contribution in [0.15, 0.2) is 0 Å². The number of unbranched alkanes of at least 4 members (excludes halogenated alkanes) is 5. The van der Waals surface area contributed by atoms with Gasteiger partial charge in [-0.1, -0.05) is 39.0 Å². The molecular weight excluding hydrogens is 294 g/mol. The minimum Gasteiger partial charge on any atom is -0.425 e. The van der Waals surface area contributed by atoms with Crippen molar-refractivity contribution >= 4 is 12.0 Å². The average Bonchev–Trinajstić information content (AvgIpc) is 2.99. The molecular formula is C17H33N3O3. The third-order valence-electron chi connectivity index (χ3n) is 4.16. The molecule has 2 amide bonds. The third kappa shape index (κ3) is 8.21. The van der Waals surface area contributed by atoms with Gasteiger partial charge in [0.05, 0.1) is 0 Å². The van der Waals surface area contributed by atoms with E-state index in [2.05, 4.69) is 12.2 Å². The monoisotopic (exact) mass is 327 g/mol. The lowest BCUT2D eigenvalue weighted by atomic mass is 10.1. The van der Waals surface area contributed by atoms with E-state index in [0.29, 0.717) is 26.1 Å². The summed E-state index contributed by atoms with van der Waals surface area (Å²) in [6, 6.07) is 0. The molecule has 0 unspecified atom stereocenters. The third-order valence-corrected chi connectivity index (χ3v) is 4.16. The number of nitrogens with zero attached hydrogens (tertiary/aromatic N) is 1. The first-order valence-corrected chi connectivity index (χ1v) is 9.13. The number of likely N-dealkylation sites (tertiary alicyclic amines) is 1. The van der Waals surface area contributed by atoms with Gasteiger partial charge in [0.25, 0.3) is 0 Å². The van der Waals surface area contributed by atoms with Crippen molar-refractivity contribution in [1.29, 1.82) is 0 Å². The fraction of sp³-hybridized carbons (Fsp3) is 0.882. The largest absolute Gasteiger partial charge is 0.425 e. The van der Waals surface area contributed by atoms with Crippen molar-refractivity contribution in [3.05, 3.63) is 0 Å². The van der Waals surface area contributed by atoms with Gasteiger partial charge >= 0.3 is 6.09 Å². The van der Waals surface area contributed by atoms with Gasteiger partial charge in [0.2, 0.25) is 5.91 Å². The molecule has 0 spiro atoms. The Hall–Kier alpha value is -1.30. The molecule has 1 aliphatic rings. The van der Waals surface area contributed by atoms with E-state index in [-0.39, 0.29) is 5.91 Å². The summed E-state index contributed by atoms with van der Waals surface area (Å²) in [6.07, 6.45) is 9.03. The zero-order chi connectivity index (χ0) is 16.9. The molecule has 23 heavy (non-hydrogen) atoms. The van der Waals surface area contributed by atoms with E-state index in [0.717, 1.165) is 32.1 Å². The SMILES string of the molecule is CCCCCCCCC(=O)N1CCC[C@@H]1OC(=O)NCCCN. The fourth-order valence-corrected chi connectivity index (χ4v) is 2.80. The first-order chi connectivity index (χ1) is 11.2. The van der Waals surface area contributed by atoms with Crippen LogP contribution < -0.4 is 11.1 Å². The molecule has 3 N–H and O–H groups in total. The second kappa shape index (κ2) is 12.2. The maximum Gasteiger partial charge on any atom is 0.409 e. The Morgan fingerprint density at radius 2 is 1.91 bits per heavy atom. The molecule has 0 bridgehead atoms. The first kappa shape index (κ1) is 19.7. The summed E-state index contributed by atoms with van der Waals surface area (Å²) in [5.41, 5.74) is 5.38. The minimum absolute atomic E-state index is 0.109. The quantitative estimate of drug-likeness (QED) is 0.571. The number of carbonyl (C=O) groups is 2. The van der Waals surface area contributed by atoms with E-state index in [1.165, 1.54) is 25.7 Å². The predicted octanol–water partition coefficient (Wildman–Crippen LogP) is 2.76. The summed E-state index contributed by atoms with van der Waals surface area (Å²) in [5.74, 6) is 0.109. The van der Waals surface area contributed by atoms with Gasteiger partial charge in [-0.2, -0.15) is 0 Å². The molecule has 1 heterocycles. The minimum atomic E-state index is -0.456. The Morgan fingerprint density at radius 1 is 1.17 bits per heavy atom. The molecule has 0 radical (unpaired) electrons. The van der Waals surface area contributed by atoms with E-state index < -0.39 is 12.3 Å². The standard InChI is InChI=1S/C17H33N3O3/c1-2-3-4-5-6-7-10-15(21)20-14-8-11-16(20)23-17(22)19-13-9-12-18/h16H,2-14,18H2,1H3,(H,19,22)/t16-/m0/s1. The van der Waals surface area contributed by atoms with Crippen molar-refractivity contribution in [1.82, 2.24) is 10.2 Å². The summed E-state index contributed by atoms with van der Waals surface area (Å²) < 4.78 is 5.37. The number of ether oxygens (including phenoxy) is 1. The maximum atomic E-state index is 12.3. The van der Waals surface area contributed by atoms with E-state index in [1.54, 1.807) is 4.90 Å². The van der Waals surface area contributed by atoms with Crippen LogP contribution in [0.2, 0.25) is 0 Å². The number of nitrogens with two attached hydrogens (primary N) is 1. The van der Waals surface area contributed by atoms with Crippen LogP contribution in [-0.4, -0.2) is 42.8 Å². The molecule has 0 aliphatic carbocycles. The molecule has 1 aliphatic heterocycles. The van der Waals surface area contributed by atoms with Gasteiger partial charge in [0, 0.05) is 25.9 Å². The van der Waals surface area contributed by atoms with Gasteiger partial charge in [0.1, 0.15) is 0 Å². The smallest absolute Gasteiger partial charge is 0.409 e. The van der Waals surface area contributed by atoms with Crippen LogP contribution >= 0.6 is 0 Å². The fourth-order valence-electron chi connectivity index (χ4n) is 2.80. The lowest BCUT2D eigenvalue weighted by molar-refractivity contribution is -0.138. The summed E-state index contributed by atoms with van der Waals surface area (Å²) in [4.78, 5) is 25.7. The highest BCUT2D eigenvalue weighted by molar-refractivity contribution is 5.77. The molecule has 1 fully saturated rings. The van der Waals surface area contributed by atoms with E-state index >= 15 is 0 Å². The lowest BCUT2D eigenvalue weighted by Gasteiger charge is -2.24. The molecule has 0 saturated carbocycles. The molecule has 0 aromatic heterocycles. The lowest BCUT2D eigenvalue weighted by Crippen LogP contribution is -2.40. The van der Waals surface area contributed by atoms with Crippen LogP contribution in [0.25, 0.3) is 0 Å². The van der Waals surface area contributed by atoms with Gasteiger partial charge in [0.15, 0.2) is 6.23 Å². The number of rotatable bonds is 11. The van der Waals surface area contributed by atoms with Crippen LogP contribution in [0.1, 0.15) is 71.1 Å². The van der Waals surface area contributed by atoms with Crippen LogP contribution in [-0.2, 0) is 9.53 Å². The molecule has 0 aromatic rings. The van der Waals surface area contributed by atoms with Crippen molar-refractivity contribution in [2.24, 2.45) is 5.73 Å². The zero-order valence-electron chi connectivity index (χ0n) is 14.5. The number of carbonyl (C=O) groups excluding carboxylic acids is 2. The Balaban J connectivity index is 2.22. The summed E-state index contributed by atoms with van der Waals surface area (Å²) in [7, 11) is 0. The van der Waals surface area contributed by atoms with Crippen LogP contribution in [0, 0.1) is 0 Å². The van der Waals surface area contributed by atoms with Gasteiger partial charge in [-0.15, -0.1) is 0 Å². The highest BCUT2D eigenvalue weighted by Gasteiger charge is 2.31. The van der Waals surface area contributed by atoms with Gasteiger partial charge < -0.3 is 20.7 Å².